The van der Waals surface area contributed by atoms with Crippen LogP contribution in [0.1, 0.15) is 31.3 Å². The van der Waals surface area contributed by atoms with E-state index < -0.39 is 0 Å². The Hall–Kier alpha value is -1.22. The predicted octanol–water partition coefficient (Wildman–Crippen LogP) is 2.01. The Kier molecular flexibility index (Phi) is 3.77. The number of rotatable bonds is 4. The lowest BCUT2D eigenvalue weighted by Gasteiger charge is -2.16. The minimum Gasteiger partial charge on any atom is -0.305 e. The highest BCUT2D eigenvalue weighted by Gasteiger charge is 2.11. The van der Waals surface area contributed by atoms with Crippen molar-refractivity contribution in [2.24, 2.45) is 0 Å². The van der Waals surface area contributed by atoms with Gasteiger partial charge in [-0.25, -0.2) is 0 Å². The van der Waals surface area contributed by atoms with Gasteiger partial charge < -0.3 is 5.32 Å². The highest BCUT2D eigenvalue weighted by atomic mass is 14.9. The van der Waals surface area contributed by atoms with Crippen molar-refractivity contribution < 1.29 is 0 Å². The molecule has 1 unspecified atom stereocenters. The van der Waals surface area contributed by atoms with Gasteiger partial charge in [0.25, 0.3) is 0 Å². The molecule has 14 heavy (non-hydrogen) atoms. The van der Waals surface area contributed by atoms with E-state index in [2.05, 4.69) is 28.8 Å². The number of aromatic nitrogens is 2. The highest BCUT2D eigenvalue weighted by molar-refractivity contribution is 5.16. The van der Waals surface area contributed by atoms with E-state index in [-0.39, 0.29) is 6.04 Å². The van der Waals surface area contributed by atoms with Crippen LogP contribution in [0.3, 0.4) is 0 Å². The molecule has 0 radical (unpaired) electrons. The van der Waals surface area contributed by atoms with Crippen LogP contribution in [0.25, 0.3) is 0 Å². The summed E-state index contributed by atoms with van der Waals surface area (Å²) >= 11 is 0. The number of aryl methyl sites for hydroxylation is 1. The van der Waals surface area contributed by atoms with Crippen LogP contribution in [-0.4, -0.2) is 16.5 Å². The van der Waals surface area contributed by atoms with Gasteiger partial charge in [0, 0.05) is 6.20 Å². The fourth-order valence-electron chi connectivity index (χ4n) is 1.29. The maximum atomic E-state index is 4.33. The smallest absolute Gasteiger partial charge is 0.0798 e. The molecule has 1 atom stereocenters. The van der Waals surface area contributed by atoms with Crippen LogP contribution in [0.2, 0.25) is 0 Å². The second-order valence-electron chi connectivity index (χ2n) is 3.42. The van der Waals surface area contributed by atoms with E-state index in [0.29, 0.717) is 0 Å². The standard InChI is InChI=1S/C11H17N3/c1-5-12-11(8(2)3)10-7-13-9(4)6-14-10/h6-7,11-12H,2,5H2,1,3-4H3. The zero-order chi connectivity index (χ0) is 10.6. The summed E-state index contributed by atoms with van der Waals surface area (Å²) in [6.07, 6.45) is 3.58. The molecule has 76 valence electrons. The van der Waals surface area contributed by atoms with Gasteiger partial charge in [-0.05, 0) is 20.4 Å². The first-order valence-corrected chi connectivity index (χ1v) is 4.82. The molecule has 0 aliphatic heterocycles. The van der Waals surface area contributed by atoms with Crippen molar-refractivity contribution in [2.45, 2.75) is 26.8 Å². The van der Waals surface area contributed by atoms with E-state index in [9.17, 15) is 0 Å². The summed E-state index contributed by atoms with van der Waals surface area (Å²) in [4.78, 5) is 8.55. The van der Waals surface area contributed by atoms with Crippen molar-refractivity contribution >= 4 is 0 Å². The SMILES string of the molecule is C=C(C)C(NCC)c1cnc(C)cn1. The Morgan fingerprint density at radius 1 is 1.50 bits per heavy atom. The van der Waals surface area contributed by atoms with Crippen molar-refractivity contribution in [1.82, 2.24) is 15.3 Å². The van der Waals surface area contributed by atoms with E-state index in [1.807, 2.05) is 13.8 Å². The quantitative estimate of drug-likeness (QED) is 0.740. The van der Waals surface area contributed by atoms with Crippen LogP contribution < -0.4 is 5.32 Å². The van der Waals surface area contributed by atoms with E-state index in [0.717, 1.165) is 23.5 Å². The number of hydrogen-bond donors (Lipinski definition) is 1. The lowest BCUT2D eigenvalue weighted by molar-refractivity contribution is 0.603. The van der Waals surface area contributed by atoms with Gasteiger partial charge in [-0.2, -0.15) is 0 Å². The molecule has 0 saturated heterocycles. The first kappa shape index (κ1) is 10.9. The molecule has 1 aromatic heterocycles. The lowest BCUT2D eigenvalue weighted by Crippen LogP contribution is -2.22. The second kappa shape index (κ2) is 4.86. The molecule has 1 N–H and O–H groups in total. The minimum absolute atomic E-state index is 0.119. The molecule has 0 spiro atoms. The molecule has 1 heterocycles. The molecular formula is C11H17N3. The number of nitrogens with zero attached hydrogens (tertiary/aromatic N) is 2. The van der Waals surface area contributed by atoms with Crippen molar-refractivity contribution in [3.63, 3.8) is 0 Å². The molecule has 3 nitrogen and oxygen atoms in total. The van der Waals surface area contributed by atoms with Crippen molar-refractivity contribution in [3.05, 3.63) is 35.9 Å². The predicted molar refractivity (Wildman–Crippen MR) is 58.0 cm³/mol. The Balaban J connectivity index is 2.87. The second-order valence-corrected chi connectivity index (χ2v) is 3.42. The van der Waals surface area contributed by atoms with Gasteiger partial charge in [0.05, 0.1) is 23.6 Å². The summed E-state index contributed by atoms with van der Waals surface area (Å²) in [5.41, 5.74) is 2.93. The van der Waals surface area contributed by atoms with Gasteiger partial charge in [-0.1, -0.05) is 19.1 Å². The zero-order valence-corrected chi connectivity index (χ0v) is 9.04. The summed E-state index contributed by atoms with van der Waals surface area (Å²) in [5, 5.41) is 3.32. The summed E-state index contributed by atoms with van der Waals surface area (Å²) in [7, 11) is 0. The van der Waals surface area contributed by atoms with Gasteiger partial charge >= 0.3 is 0 Å². The normalized spacial score (nSPS) is 12.5. The zero-order valence-electron chi connectivity index (χ0n) is 9.04. The number of nitrogens with one attached hydrogen (secondary N) is 1. The number of hydrogen-bond acceptors (Lipinski definition) is 3. The molecule has 0 amide bonds. The van der Waals surface area contributed by atoms with Crippen LogP contribution >= 0.6 is 0 Å². The van der Waals surface area contributed by atoms with Gasteiger partial charge in [-0.15, -0.1) is 0 Å². The Bertz CT molecular complexity index is 303. The fraction of sp³-hybridized carbons (Fsp3) is 0.455. The lowest BCUT2D eigenvalue weighted by atomic mass is 10.1. The molecular weight excluding hydrogens is 174 g/mol. The highest BCUT2D eigenvalue weighted by Crippen LogP contribution is 2.16. The third kappa shape index (κ3) is 2.64. The summed E-state index contributed by atoms with van der Waals surface area (Å²) in [6, 6.07) is 0.119. The Labute approximate surface area is 85.3 Å². The maximum absolute atomic E-state index is 4.33. The molecule has 1 rings (SSSR count). The van der Waals surface area contributed by atoms with Crippen LogP contribution in [0.5, 0.6) is 0 Å². The molecule has 0 fully saturated rings. The van der Waals surface area contributed by atoms with E-state index in [4.69, 9.17) is 0 Å². The third-order valence-electron chi connectivity index (χ3n) is 2.00. The molecule has 0 aliphatic rings. The summed E-state index contributed by atoms with van der Waals surface area (Å²) in [6.45, 7) is 10.8. The Morgan fingerprint density at radius 2 is 2.21 bits per heavy atom. The molecule has 0 bridgehead atoms. The first-order valence-electron chi connectivity index (χ1n) is 4.82. The van der Waals surface area contributed by atoms with Gasteiger partial charge in [0.2, 0.25) is 0 Å². The molecule has 0 aromatic carbocycles. The first-order chi connectivity index (χ1) is 6.65. The van der Waals surface area contributed by atoms with Crippen molar-refractivity contribution in [1.29, 1.82) is 0 Å². The average molecular weight is 191 g/mol. The van der Waals surface area contributed by atoms with Crippen LogP contribution in [0.15, 0.2) is 24.5 Å². The largest absolute Gasteiger partial charge is 0.305 e. The maximum Gasteiger partial charge on any atom is 0.0798 e. The van der Waals surface area contributed by atoms with E-state index in [1.54, 1.807) is 12.4 Å². The summed E-state index contributed by atoms with van der Waals surface area (Å²) in [5.74, 6) is 0. The van der Waals surface area contributed by atoms with Gasteiger partial charge in [0.1, 0.15) is 0 Å². The molecule has 0 aliphatic carbocycles. The van der Waals surface area contributed by atoms with E-state index >= 15 is 0 Å². The third-order valence-corrected chi connectivity index (χ3v) is 2.00. The molecule has 0 saturated carbocycles. The van der Waals surface area contributed by atoms with Gasteiger partial charge in [0.15, 0.2) is 0 Å². The topological polar surface area (TPSA) is 37.8 Å². The average Bonchev–Trinajstić information content (AvgIpc) is 2.15. The van der Waals surface area contributed by atoms with Crippen molar-refractivity contribution in [2.75, 3.05) is 6.54 Å². The van der Waals surface area contributed by atoms with Crippen LogP contribution in [0, 0.1) is 6.92 Å². The fourth-order valence-corrected chi connectivity index (χ4v) is 1.29. The van der Waals surface area contributed by atoms with Crippen molar-refractivity contribution in [3.8, 4) is 0 Å². The molecule has 3 heteroatoms. The molecule has 1 aromatic rings. The van der Waals surface area contributed by atoms with E-state index in [1.165, 1.54) is 0 Å². The summed E-state index contributed by atoms with van der Waals surface area (Å²) < 4.78 is 0. The Morgan fingerprint density at radius 3 is 2.64 bits per heavy atom. The number of likely N-dealkylation sites (N-methyl/N-ethyl adjacent to an activating group) is 1. The van der Waals surface area contributed by atoms with Crippen LogP contribution in [0.4, 0.5) is 0 Å². The van der Waals surface area contributed by atoms with Gasteiger partial charge in [-0.3, -0.25) is 9.97 Å². The minimum atomic E-state index is 0.119. The monoisotopic (exact) mass is 191 g/mol. The van der Waals surface area contributed by atoms with Crippen LogP contribution in [-0.2, 0) is 0 Å².